The van der Waals surface area contributed by atoms with Crippen molar-refractivity contribution in [3.05, 3.63) is 34.4 Å². The molecule has 1 atom stereocenters. The zero-order valence-corrected chi connectivity index (χ0v) is 14.7. The van der Waals surface area contributed by atoms with E-state index in [1.807, 2.05) is 25.1 Å². The molecule has 2 aromatic rings. The van der Waals surface area contributed by atoms with Gasteiger partial charge in [-0.25, -0.2) is 0 Å². The van der Waals surface area contributed by atoms with Gasteiger partial charge in [-0.15, -0.1) is 0 Å². The third kappa shape index (κ3) is 4.44. The summed E-state index contributed by atoms with van der Waals surface area (Å²) in [6.07, 6.45) is 4.97. The van der Waals surface area contributed by atoms with E-state index in [0.717, 1.165) is 33.4 Å². The molecule has 1 heterocycles. The van der Waals surface area contributed by atoms with E-state index in [9.17, 15) is 0 Å². The topological polar surface area (TPSA) is 22.1 Å². The summed E-state index contributed by atoms with van der Waals surface area (Å²) in [6, 6.07) is 8.18. The van der Waals surface area contributed by atoms with Crippen molar-refractivity contribution in [2.24, 2.45) is 5.92 Å². The Morgan fingerprint density at radius 1 is 1.24 bits per heavy atom. The maximum absolute atomic E-state index is 6.00. The Morgan fingerprint density at radius 2 is 2.05 bits per heavy atom. The number of rotatable bonds is 7. The van der Waals surface area contributed by atoms with Crippen LogP contribution in [-0.2, 0) is 0 Å². The van der Waals surface area contributed by atoms with Gasteiger partial charge in [0.15, 0.2) is 0 Å². The first-order valence-corrected chi connectivity index (χ1v) is 8.63. The number of benzene rings is 1. The van der Waals surface area contributed by atoms with Crippen LogP contribution in [0.3, 0.4) is 0 Å². The zero-order chi connectivity index (χ0) is 15.2. The Kier molecular flexibility index (Phi) is 6.04. The van der Waals surface area contributed by atoms with Crippen LogP contribution >= 0.6 is 15.9 Å². The molecule has 0 N–H and O–H groups in total. The highest BCUT2D eigenvalue weighted by molar-refractivity contribution is 9.10. The van der Waals surface area contributed by atoms with Gasteiger partial charge in [0.2, 0.25) is 0 Å². The van der Waals surface area contributed by atoms with Crippen molar-refractivity contribution in [3.63, 3.8) is 0 Å². The third-order valence-electron chi connectivity index (χ3n) is 3.89. The molecule has 1 unspecified atom stereocenters. The minimum atomic E-state index is 0.653. The average Bonchev–Trinajstić information content (AvgIpc) is 2.47. The normalized spacial score (nSPS) is 12.6. The lowest BCUT2D eigenvalue weighted by molar-refractivity contribution is 0.233. The van der Waals surface area contributed by atoms with E-state index >= 15 is 0 Å². The Balaban J connectivity index is 2.09. The van der Waals surface area contributed by atoms with Gasteiger partial charge < -0.3 is 4.74 Å². The molecule has 0 spiro atoms. The quantitative estimate of drug-likeness (QED) is 0.620. The summed E-state index contributed by atoms with van der Waals surface area (Å²) in [6.45, 7) is 7.30. The Morgan fingerprint density at radius 3 is 2.76 bits per heavy atom. The predicted octanol–water partition coefficient (Wildman–Crippen LogP) is 5.90. The van der Waals surface area contributed by atoms with Crippen LogP contribution in [0, 0.1) is 12.8 Å². The van der Waals surface area contributed by atoms with Gasteiger partial charge in [-0.2, -0.15) is 0 Å². The molecular formula is C18H24BrNO. The lowest BCUT2D eigenvalue weighted by Gasteiger charge is -2.16. The van der Waals surface area contributed by atoms with E-state index in [0.29, 0.717) is 5.92 Å². The molecular weight excluding hydrogens is 326 g/mol. The maximum atomic E-state index is 6.00. The highest BCUT2D eigenvalue weighted by Gasteiger charge is 2.08. The van der Waals surface area contributed by atoms with Crippen LogP contribution in [0.4, 0.5) is 0 Å². The van der Waals surface area contributed by atoms with Gasteiger partial charge in [-0.1, -0.05) is 49.0 Å². The number of ether oxygens (including phenoxy) is 1. The van der Waals surface area contributed by atoms with Gasteiger partial charge in [0, 0.05) is 15.6 Å². The predicted molar refractivity (Wildman–Crippen MR) is 93.0 cm³/mol. The molecule has 0 aliphatic carbocycles. The van der Waals surface area contributed by atoms with E-state index in [1.54, 1.807) is 0 Å². The van der Waals surface area contributed by atoms with Crippen molar-refractivity contribution >= 4 is 26.8 Å². The summed E-state index contributed by atoms with van der Waals surface area (Å²) in [5.41, 5.74) is 2.03. The van der Waals surface area contributed by atoms with Gasteiger partial charge in [0.05, 0.1) is 12.1 Å². The molecule has 0 radical (unpaired) electrons. The summed E-state index contributed by atoms with van der Waals surface area (Å²) < 4.78 is 7.08. The Hall–Kier alpha value is -1.09. The minimum Gasteiger partial charge on any atom is -0.493 e. The number of unbranched alkanes of at least 4 members (excludes halogenated alkanes) is 1. The van der Waals surface area contributed by atoms with E-state index in [2.05, 4.69) is 40.8 Å². The smallest absolute Gasteiger partial charge is 0.120 e. The van der Waals surface area contributed by atoms with E-state index < -0.39 is 0 Å². The van der Waals surface area contributed by atoms with Crippen molar-refractivity contribution in [1.29, 1.82) is 0 Å². The number of pyridine rings is 1. The molecule has 3 heteroatoms. The highest BCUT2D eigenvalue weighted by Crippen LogP contribution is 2.28. The molecule has 2 nitrogen and oxygen atoms in total. The summed E-state index contributed by atoms with van der Waals surface area (Å²) in [4.78, 5) is 4.54. The van der Waals surface area contributed by atoms with E-state index in [-0.39, 0.29) is 0 Å². The fourth-order valence-corrected chi connectivity index (χ4v) is 3.14. The van der Waals surface area contributed by atoms with Gasteiger partial charge in [-0.3, -0.25) is 4.98 Å². The van der Waals surface area contributed by atoms with Gasteiger partial charge in [0.25, 0.3) is 0 Å². The minimum absolute atomic E-state index is 0.653. The van der Waals surface area contributed by atoms with Gasteiger partial charge in [-0.05, 0) is 43.5 Å². The molecule has 114 valence electrons. The second kappa shape index (κ2) is 7.79. The molecule has 0 saturated carbocycles. The van der Waals surface area contributed by atoms with Crippen LogP contribution in [0.25, 0.3) is 10.9 Å². The van der Waals surface area contributed by atoms with Crippen LogP contribution < -0.4 is 4.74 Å². The second-order valence-corrected chi connectivity index (χ2v) is 6.51. The third-order valence-corrected chi connectivity index (χ3v) is 4.54. The van der Waals surface area contributed by atoms with Crippen molar-refractivity contribution in [2.45, 2.75) is 46.5 Å². The van der Waals surface area contributed by atoms with Crippen LogP contribution in [0.2, 0.25) is 0 Å². The monoisotopic (exact) mass is 349 g/mol. The fourth-order valence-electron chi connectivity index (χ4n) is 2.49. The number of hydrogen-bond acceptors (Lipinski definition) is 2. The molecule has 0 aliphatic rings. The molecule has 0 aliphatic heterocycles. The number of aromatic nitrogens is 1. The van der Waals surface area contributed by atoms with Crippen LogP contribution in [0.1, 0.15) is 45.2 Å². The van der Waals surface area contributed by atoms with Crippen molar-refractivity contribution < 1.29 is 4.74 Å². The number of nitrogens with zero attached hydrogens (tertiary/aromatic N) is 1. The largest absolute Gasteiger partial charge is 0.493 e. The fraction of sp³-hybridized carbons (Fsp3) is 0.500. The summed E-state index contributed by atoms with van der Waals surface area (Å²) >= 11 is 3.61. The summed E-state index contributed by atoms with van der Waals surface area (Å²) in [7, 11) is 0. The van der Waals surface area contributed by atoms with Crippen molar-refractivity contribution in [3.8, 4) is 5.75 Å². The van der Waals surface area contributed by atoms with Crippen molar-refractivity contribution in [2.75, 3.05) is 6.61 Å². The first-order chi connectivity index (χ1) is 10.1. The Bertz CT molecular complexity index is 597. The zero-order valence-electron chi connectivity index (χ0n) is 13.2. The van der Waals surface area contributed by atoms with Crippen molar-refractivity contribution in [1.82, 2.24) is 4.98 Å². The number of hydrogen-bond donors (Lipinski definition) is 0. The molecule has 0 bridgehead atoms. The summed E-state index contributed by atoms with van der Waals surface area (Å²) in [5.74, 6) is 1.59. The maximum Gasteiger partial charge on any atom is 0.120 e. The molecule has 1 aromatic carbocycles. The van der Waals surface area contributed by atoms with Crippen LogP contribution in [-0.4, -0.2) is 11.6 Å². The molecule has 0 saturated heterocycles. The molecule has 2 rings (SSSR count). The molecule has 21 heavy (non-hydrogen) atoms. The summed E-state index contributed by atoms with van der Waals surface area (Å²) in [5, 5.41) is 1.11. The SMILES string of the molecule is CCCCC(CC)COc1ccc2nc(C)cc(Br)c2c1. The average molecular weight is 350 g/mol. The van der Waals surface area contributed by atoms with E-state index in [1.165, 1.54) is 25.7 Å². The first-order valence-electron chi connectivity index (χ1n) is 7.83. The van der Waals surface area contributed by atoms with Crippen LogP contribution in [0.15, 0.2) is 28.7 Å². The second-order valence-electron chi connectivity index (χ2n) is 5.65. The van der Waals surface area contributed by atoms with Crippen LogP contribution in [0.5, 0.6) is 5.75 Å². The standard InChI is InChI=1S/C18H24BrNO/c1-4-6-7-14(5-2)12-21-15-8-9-18-16(11-15)17(19)10-13(3)20-18/h8-11,14H,4-7,12H2,1-3H3. The lowest BCUT2D eigenvalue weighted by atomic mass is 10.0. The highest BCUT2D eigenvalue weighted by atomic mass is 79.9. The number of aryl methyl sites for hydroxylation is 1. The number of halogens is 1. The Labute approximate surface area is 136 Å². The lowest BCUT2D eigenvalue weighted by Crippen LogP contribution is -2.11. The van der Waals surface area contributed by atoms with Gasteiger partial charge >= 0.3 is 0 Å². The molecule has 0 fully saturated rings. The first kappa shape index (κ1) is 16.3. The molecule has 1 aromatic heterocycles. The van der Waals surface area contributed by atoms with Gasteiger partial charge in [0.1, 0.15) is 5.75 Å². The number of fused-ring (bicyclic) bond motifs is 1. The van der Waals surface area contributed by atoms with E-state index in [4.69, 9.17) is 4.74 Å². The molecule has 0 amide bonds.